The Labute approximate surface area is 141 Å². The Morgan fingerprint density at radius 1 is 1.25 bits per heavy atom. The highest BCUT2D eigenvalue weighted by atomic mass is 16.5. The maximum Gasteiger partial charge on any atom is 0.254 e. The second-order valence-electron chi connectivity index (χ2n) is 6.39. The van der Waals surface area contributed by atoms with Crippen molar-refractivity contribution in [3.05, 3.63) is 47.7 Å². The van der Waals surface area contributed by atoms with Gasteiger partial charge in [-0.25, -0.2) is 0 Å². The van der Waals surface area contributed by atoms with Crippen LogP contribution in [0.5, 0.6) is 5.88 Å². The number of likely N-dealkylation sites (tertiary alicyclic amines) is 1. The molecule has 130 valence electrons. The number of hydrogen-bond donors (Lipinski definition) is 2. The van der Waals surface area contributed by atoms with Crippen molar-refractivity contribution in [1.29, 1.82) is 0 Å². The number of piperidine rings is 1. The van der Waals surface area contributed by atoms with Gasteiger partial charge in [0.25, 0.3) is 5.88 Å². The Morgan fingerprint density at radius 3 is 2.50 bits per heavy atom. The zero-order valence-electron chi connectivity index (χ0n) is 14.1. The van der Waals surface area contributed by atoms with Crippen molar-refractivity contribution in [3.8, 4) is 5.88 Å². The van der Waals surface area contributed by atoms with Gasteiger partial charge in [0.15, 0.2) is 5.76 Å². The van der Waals surface area contributed by atoms with Crippen molar-refractivity contribution in [2.75, 3.05) is 20.2 Å². The minimum absolute atomic E-state index is 0.136. The zero-order chi connectivity index (χ0) is 17.2. The number of aromatic nitrogens is 1. The summed E-state index contributed by atoms with van der Waals surface area (Å²) < 4.78 is 10.1. The van der Waals surface area contributed by atoms with Gasteiger partial charge >= 0.3 is 0 Å². The van der Waals surface area contributed by atoms with Crippen molar-refractivity contribution in [2.24, 2.45) is 0 Å². The lowest BCUT2D eigenvalue weighted by atomic mass is 9.84. The minimum atomic E-state index is -0.794. The van der Waals surface area contributed by atoms with E-state index in [4.69, 9.17) is 9.26 Å². The fourth-order valence-corrected chi connectivity index (χ4v) is 3.28. The summed E-state index contributed by atoms with van der Waals surface area (Å²) in [5.74, 6) is 0.747. The van der Waals surface area contributed by atoms with Gasteiger partial charge in [0, 0.05) is 25.2 Å². The van der Waals surface area contributed by atoms with E-state index in [1.54, 1.807) is 6.07 Å². The summed E-state index contributed by atoms with van der Waals surface area (Å²) in [4.78, 5) is 2.16. The van der Waals surface area contributed by atoms with Crippen LogP contribution in [0.3, 0.4) is 0 Å². The van der Waals surface area contributed by atoms with Crippen LogP contribution in [0.2, 0.25) is 0 Å². The lowest BCUT2D eigenvalue weighted by molar-refractivity contribution is -0.0532. The van der Waals surface area contributed by atoms with E-state index < -0.39 is 11.7 Å². The number of rotatable bonds is 5. The lowest BCUT2D eigenvalue weighted by Gasteiger charge is -2.41. The molecule has 1 aliphatic rings. The van der Waals surface area contributed by atoms with Crippen LogP contribution in [-0.4, -0.2) is 46.5 Å². The number of nitrogens with zero attached hydrogens (tertiary/aromatic N) is 2. The lowest BCUT2D eigenvalue weighted by Crippen LogP contribution is -2.47. The smallest absolute Gasteiger partial charge is 0.254 e. The highest BCUT2D eigenvalue weighted by Gasteiger charge is 2.37. The van der Waals surface area contributed by atoms with Crippen LogP contribution in [0, 0.1) is 0 Å². The van der Waals surface area contributed by atoms with Gasteiger partial charge in [0.1, 0.15) is 6.10 Å². The Morgan fingerprint density at radius 2 is 1.92 bits per heavy atom. The van der Waals surface area contributed by atoms with Crippen molar-refractivity contribution in [3.63, 3.8) is 0 Å². The van der Waals surface area contributed by atoms with Gasteiger partial charge < -0.3 is 19.5 Å². The molecule has 6 heteroatoms. The monoisotopic (exact) mass is 332 g/mol. The zero-order valence-corrected chi connectivity index (χ0v) is 14.1. The first-order chi connectivity index (χ1) is 11.5. The van der Waals surface area contributed by atoms with Gasteiger partial charge in [-0.05, 0) is 30.5 Å². The molecule has 3 rings (SSSR count). The predicted octanol–water partition coefficient (Wildman–Crippen LogP) is 2.09. The summed E-state index contributed by atoms with van der Waals surface area (Å²) in [5, 5.41) is 25.1. The van der Waals surface area contributed by atoms with E-state index in [1.165, 1.54) is 7.11 Å². The first-order valence-corrected chi connectivity index (χ1v) is 8.24. The molecular weight excluding hydrogens is 308 g/mol. The topological polar surface area (TPSA) is 79.0 Å². The standard InChI is InChI=1S/C18H24N2O4/c1-13(17(21)15-12-16(23-2)19-24-15)20-10-8-18(22,9-11-20)14-6-4-3-5-7-14/h3-7,12-13,17,21-22H,8-11H2,1-2H3. The molecule has 24 heavy (non-hydrogen) atoms. The minimum Gasteiger partial charge on any atom is -0.479 e. The Bertz CT molecular complexity index is 650. The highest BCUT2D eigenvalue weighted by molar-refractivity contribution is 5.23. The van der Waals surface area contributed by atoms with Crippen molar-refractivity contribution in [1.82, 2.24) is 10.1 Å². The molecule has 2 atom stereocenters. The van der Waals surface area contributed by atoms with Crippen LogP contribution in [0.1, 0.15) is 37.2 Å². The molecule has 2 heterocycles. The summed E-state index contributed by atoms with van der Waals surface area (Å²) in [7, 11) is 1.51. The van der Waals surface area contributed by atoms with E-state index in [-0.39, 0.29) is 6.04 Å². The Kier molecular flexibility index (Phi) is 4.89. The van der Waals surface area contributed by atoms with Crippen LogP contribution in [-0.2, 0) is 5.60 Å². The molecule has 0 radical (unpaired) electrons. The molecule has 2 unspecified atom stereocenters. The third-order valence-electron chi connectivity index (χ3n) is 4.98. The third-order valence-corrected chi connectivity index (χ3v) is 4.98. The summed E-state index contributed by atoms with van der Waals surface area (Å²) in [5.41, 5.74) is 0.163. The van der Waals surface area contributed by atoms with Crippen LogP contribution in [0.25, 0.3) is 0 Å². The largest absolute Gasteiger partial charge is 0.479 e. The van der Waals surface area contributed by atoms with Gasteiger partial charge in [-0.2, -0.15) is 0 Å². The molecule has 0 bridgehead atoms. The van der Waals surface area contributed by atoms with Gasteiger partial charge in [-0.15, -0.1) is 0 Å². The molecule has 0 saturated carbocycles. The number of aliphatic hydroxyl groups excluding tert-OH is 1. The first kappa shape index (κ1) is 17.0. The van der Waals surface area contributed by atoms with E-state index in [0.29, 0.717) is 37.6 Å². The van der Waals surface area contributed by atoms with Gasteiger partial charge in [-0.1, -0.05) is 30.3 Å². The van der Waals surface area contributed by atoms with Crippen molar-refractivity contribution in [2.45, 2.75) is 37.5 Å². The molecule has 0 amide bonds. The number of methoxy groups -OCH3 is 1. The number of aliphatic hydroxyl groups is 2. The average molecular weight is 332 g/mol. The van der Waals surface area contributed by atoms with E-state index in [1.807, 2.05) is 37.3 Å². The first-order valence-electron chi connectivity index (χ1n) is 8.24. The van der Waals surface area contributed by atoms with E-state index in [9.17, 15) is 10.2 Å². The normalized spacial score (nSPS) is 20.5. The van der Waals surface area contributed by atoms with Gasteiger partial charge in [0.2, 0.25) is 0 Å². The average Bonchev–Trinajstić information content (AvgIpc) is 3.11. The van der Waals surface area contributed by atoms with E-state index in [0.717, 1.165) is 5.56 Å². The van der Waals surface area contributed by atoms with Crippen molar-refractivity contribution >= 4 is 0 Å². The highest BCUT2D eigenvalue weighted by Crippen LogP contribution is 2.35. The van der Waals surface area contributed by atoms with E-state index in [2.05, 4.69) is 10.1 Å². The molecule has 0 spiro atoms. The summed E-state index contributed by atoms with van der Waals surface area (Å²) in [6, 6.07) is 11.2. The molecule has 2 N–H and O–H groups in total. The predicted molar refractivity (Wildman–Crippen MR) is 88.6 cm³/mol. The third kappa shape index (κ3) is 3.31. The summed E-state index contributed by atoms with van der Waals surface area (Å²) in [6.45, 7) is 3.36. The molecule has 1 aromatic heterocycles. The maximum atomic E-state index is 10.9. The molecular formula is C18H24N2O4. The van der Waals surface area contributed by atoms with Crippen LogP contribution >= 0.6 is 0 Å². The number of ether oxygens (including phenoxy) is 1. The number of hydrogen-bond acceptors (Lipinski definition) is 6. The fraction of sp³-hybridized carbons (Fsp3) is 0.500. The van der Waals surface area contributed by atoms with Gasteiger partial charge in [-0.3, -0.25) is 4.90 Å². The van der Waals surface area contributed by atoms with Crippen molar-refractivity contribution < 1.29 is 19.5 Å². The second-order valence-corrected chi connectivity index (χ2v) is 6.39. The van der Waals surface area contributed by atoms with Gasteiger partial charge in [0.05, 0.1) is 12.7 Å². The van der Waals surface area contributed by atoms with Crippen LogP contribution < -0.4 is 4.74 Å². The molecule has 1 aliphatic heterocycles. The SMILES string of the molecule is COc1cc(C(O)C(C)N2CCC(O)(c3ccccc3)CC2)on1. The second kappa shape index (κ2) is 6.93. The molecule has 0 aliphatic carbocycles. The fourth-order valence-electron chi connectivity index (χ4n) is 3.28. The maximum absolute atomic E-state index is 10.9. The quantitative estimate of drug-likeness (QED) is 0.873. The Balaban J connectivity index is 1.63. The molecule has 2 aromatic rings. The molecule has 1 aromatic carbocycles. The molecule has 6 nitrogen and oxygen atoms in total. The van der Waals surface area contributed by atoms with Crippen LogP contribution in [0.4, 0.5) is 0 Å². The van der Waals surface area contributed by atoms with E-state index >= 15 is 0 Å². The Hall–Kier alpha value is -1.89. The van der Waals surface area contributed by atoms with Crippen LogP contribution in [0.15, 0.2) is 40.9 Å². The summed E-state index contributed by atoms with van der Waals surface area (Å²) in [6.07, 6.45) is 0.478. The molecule has 1 saturated heterocycles. The summed E-state index contributed by atoms with van der Waals surface area (Å²) >= 11 is 0. The number of benzene rings is 1. The molecule has 1 fully saturated rings.